The highest BCUT2D eigenvalue weighted by Crippen LogP contribution is 2.28. The first kappa shape index (κ1) is 18.5. The number of carbonyl (C=O) groups excluding carboxylic acids is 1. The number of nitrogens with zero attached hydrogens (tertiary/aromatic N) is 1. The molecular weight excluding hydrogens is 364 g/mol. The molecule has 26 heavy (non-hydrogen) atoms. The first-order valence-electron chi connectivity index (χ1n) is 8.35. The summed E-state index contributed by atoms with van der Waals surface area (Å²) in [5.41, 5.74) is 4.00. The lowest BCUT2D eigenvalue weighted by molar-refractivity contribution is -0.425. The number of hydrogen-bond donors (Lipinski definition) is 2. The zero-order valence-corrected chi connectivity index (χ0v) is 14.7. The SMILES string of the molecule is [NH3+]C1CCC(NC(=O)c2cc(F)cnc2Oc2ccc(F)c(Cl)c2)CC1. The Labute approximate surface area is 154 Å². The Balaban J connectivity index is 1.78. The van der Waals surface area contributed by atoms with Crippen molar-refractivity contribution in [1.29, 1.82) is 0 Å². The number of pyridine rings is 1. The fourth-order valence-electron chi connectivity index (χ4n) is 2.89. The van der Waals surface area contributed by atoms with Crippen molar-refractivity contribution in [3.05, 3.63) is 52.7 Å². The third kappa shape index (κ3) is 4.47. The van der Waals surface area contributed by atoms with Crippen LogP contribution < -0.4 is 15.8 Å². The molecule has 1 aromatic heterocycles. The van der Waals surface area contributed by atoms with Gasteiger partial charge in [-0.15, -0.1) is 0 Å². The normalized spacial score (nSPS) is 19.8. The molecule has 4 N–H and O–H groups in total. The maximum absolute atomic E-state index is 13.6. The van der Waals surface area contributed by atoms with Crippen LogP contribution in [0.1, 0.15) is 36.0 Å². The van der Waals surface area contributed by atoms with E-state index >= 15 is 0 Å². The summed E-state index contributed by atoms with van der Waals surface area (Å²) < 4.78 is 32.4. The largest absolute Gasteiger partial charge is 0.438 e. The summed E-state index contributed by atoms with van der Waals surface area (Å²) >= 11 is 5.73. The van der Waals surface area contributed by atoms with E-state index in [1.54, 1.807) is 0 Å². The van der Waals surface area contributed by atoms with Crippen LogP contribution in [0.5, 0.6) is 11.6 Å². The van der Waals surface area contributed by atoms with E-state index in [1.165, 1.54) is 12.1 Å². The van der Waals surface area contributed by atoms with Crippen molar-refractivity contribution in [3.8, 4) is 11.6 Å². The molecule has 138 valence electrons. The second-order valence-electron chi connectivity index (χ2n) is 6.38. The van der Waals surface area contributed by atoms with Crippen LogP contribution in [0.25, 0.3) is 0 Å². The van der Waals surface area contributed by atoms with Crippen LogP contribution in [0.15, 0.2) is 30.5 Å². The van der Waals surface area contributed by atoms with Gasteiger partial charge in [0.1, 0.15) is 22.9 Å². The van der Waals surface area contributed by atoms with Crippen LogP contribution in [0.3, 0.4) is 0 Å². The highest BCUT2D eigenvalue weighted by atomic mass is 35.5. The number of benzene rings is 1. The van der Waals surface area contributed by atoms with E-state index in [0.29, 0.717) is 6.04 Å². The van der Waals surface area contributed by atoms with E-state index in [2.05, 4.69) is 16.0 Å². The van der Waals surface area contributed by atoms with Crippen LogP contribution >= 0.6 is 11.6 Å². The van der Waals surface area contributed by atoms with Gasteiger partial charge in [0.25, 0.3) is 5.91 Å². The summed E-state index contributed by atoms with van der Waals surface area (Å²) in [5, 5.41) is 2.77. The fourth-order valence-corrected chi connectivity index (χ4v) is 3.06. The summed E-state index contributed by atoms with van der Waals surface area (Å²) in [4.78, 5) is 16.4. The molecule has 1 amide bonds. The van der Waals surface area contributed by atoms with Gasteiger partial charge < -0.3 is 15.8 Å². The van der Waals surface area contributed by atoms with Crippen LogP contribution in [0, 0.1) is 11.6 Å². The van der Waals surface area contributed by atoms with E-state index in [9.17, 15) is 13.6 Å². The zero-order chi connectivity index (χ0) is 18.7. The summed E-state index contributed by atoms with van der Waals surface area (Å²) in [7, 11) is 0. The smallest absolute Gasteiger partial charge is 0.257 e. The van der Waals surface area contributed by atoms with Gasteiger partial charge in [-0.2, -0.15) is 0 Å². The minimum absolute atomic E-state index is 0.0110. The van der Waals surface area contributed by atoms with Gasteiger partial charge >= 0.3 is 0 Å². The Morgan fingerprint density at radius 3 is 2.65 bits per heavy atom. The Hall–Kier alpha value is -2.25. The van der Waals surface area contributed by atoms with E-state index in [4.69, 9.17) is 16.3 Å². The van der Waals surface area contributed by atoms with Crippen LogP contribution in [0.4, 0.5) is 8.78 Å². The molecule has 0 radical (unpaired) electrons. The summed E-state index contributed by atoms with van der Waals surface area (Å²) in [5.74, 6) is -1.58. The molecule has 0 spiro atoms. The molecule has 0 bridgehead atoms. The van der Waals surface area contributed by atoms with Crippen LogP contribution in [0.2, 0.25) is 5.02 Å². The lowest BCUT2D eigenvalue weighted by atomic mass is 9.91. The van der Waals surface area contributed by atoms with Crippen molar-refractivity contribution >= 4 is 17.5 Å². The molecule has 3 rings (SSSR count). The van der Waals surface area contributed by atoms with Crippen molar-refractivity contribution < 1.29 is 24.0 Å². The monoisotopic (exact) mass is 382 g/mol. The van der Waals surface area contributed by atoms with Crippen LogP contribution in [-0.2, 0) is 0 Å². The second-order valence-corrected chi connectivity index (χ2v) is 6.78. The van der Waals surface area contributed by atoms with E-state index < -0.39 is 17.5 Å². The lowest BCUT2D eigenvalue weighted by Gasteiger charge is -2.25. The summed E-state index contributed by atoms with van der Waals surface area (Å²) in [6, 6.07) is 5.23. The molecule has 1 heterocycles. The van der Waals surface area contributed by atoms with Crippen molar-refractivity contribution in [1.82, 2.24) is 10.3 Å². The molecule has 1 aliphatic carbocycles. The van der Waals surface area contributed by atoms with E-state index in [-0.39, 0.29) is 28.3 Å². The number of hydrogen-bond acceptors (Lipinski definition) is 3. The molecule has 0 aliphatic heterocycles. The van der Waals surface area contributed by atoms with Gasteiger partial charge in [-0.05, 0) is 31.0 Å². The Kier molecular flexibility index (Phi) is 5.68. The van der Waals surface area contributed by atoms with Gasteiger partial charge in [-0.3, -0.25) is 4.79 Å². The molecule has 2 aromatic rings. The molecule has 8 heteroatoms. The van der Waals surface area contributed by atoms with Gasteiger partial charge in [-0.25, -0.2) is 13.8 Å². The van der Waals surface area contributed by atoms with Gasteiger partial charge in [0.2, 0.25) is 5.88 Å². The maximum Gasteiger partial charge on any atom is 0.257 e. The van der Waals surface area contributed by atoms with Crippen molar-refractivity contribution in [2.24, 2.45) is 0 Å². The minimum atomic E-state index is -0.652. The summed E-state index contributed by atoms with van der Waals surface area (Å²) in [6.07, 6.45) is 4.47. The van der Waals surface area contributed by atoms with E-state index in [1.807, 2.05) is 0 Å². The van der Waals surface area contributed by atoms with Crippen molar-refractivity contribution in [3.63, 3.8) is 0 Å². The number of aromatic nitrogens is 1. The fraction of sp³-hybridized carbons (Fsp3) is 0.333. The number of halogens is 3. The highest BCUT2D eigenvalue weighted by Gasteiger charge is 2.24. The molecule has 1 aliphatic rings. The van der Waals surface area contributed by atoms with Gasteiger partial charge in [-0.1, -0.05) is 11.6 Å². The quantitative estimate of drug-likeness (QED) is 0.852. The average Bonchev–Trinajstić information content (AvgIpc) is 2.61. The number of amides is 1. The van der Waals surface area contributed by atoms with Crippen molar-refractivity contribution in [2.75, 3.05) is 0 Å². The van der Waals surface area contributed by atoms with Gasteiger partial charge in [0.05, 0.1) is 17.3 Å². The molecular formula is C18H19ClF2N3O2+. The third-order valence-corrected chi connectivity index (χ3v) is 4.64. The maximum atomic E-state index is 13.6. The zero-order valence-electron chi connectivity index (χ0n) is 14.0. The number of nitrogens with one attached hydrogen (secondary N) is 1. The predicted octanol–water partition coefficient (Wildman–Crippen LogP) is 3.09. The Morgan fingerprint density at radius 2 is 1.96 bits per heavy atom. The first-order chi connectivity index (χ1) is 12.4. The minimum Gasteiger partial charge on any atom is -0.438 e. The molecule has 5 nitrogen and oxygen atoms in total. The molecule has 0 saturated heterocycles. The average molecular weight is 383 g/mol. The van der Waals surface area contributed by atoms with E-state index in [0.717, 1.165) is 44.0 Å². The molecule has 1 saturated carbocycles. The lowest BCUT2D eigenvalue weighted by Crippen LogP contribution is -2.62. The number of carbonyl (C=O) groups is 1. The van der Waals surface area contributed by atoms with Crippen LogP contribution in [-0.4, -0.2) is 23.0 Å². The predicted molar refractivity (Wildman–Crippen MR) is 92.1 cm³/mol. The Bertz CT molecular complexity index is 811. The highest BCUT2D eigenvalue weighted by molar-refractivity contribution is 6.30. The Morgan fingerprint density at radius 1 is 1.23 bits per heavy atom. The summed E-state index contributed by atoms with van der Waals surface area (Å²) in [6.45, 7) is 0. The molecule has 0 atom stereocenters. The molecule has 1 fully saturated rings. The number of ether oxygens (including phenoxy) is 1. The van der Waals surface area contributed by atoms with Gasteiger partial charge in [0.15, 0.2) is 0 Å². The molecule has 0 unspecified atom stereocenters. The molecule has 1 aromatic carbocycles. The topological polar surface area (TPSA) is 78.9 Å². The standard InChI is InChI=1S/C18H18ClF2N3O2/c19-15-8-13(5-6-16(15)21)26-18-14(7-10(20)9-23-18)17(25)24-12-3-1-11(22)2-4-12/h5-9,11-12H,1-4,22H2,(H,24,25)/p+1. The second kappa shape index (κ2) is 7.97. The van der Waals surface area contributed by atoms with Gasteiger partial charge in [0, 0.05) is 24.9 Å². The number of rotatable bonds is 4. The third-order valence-electron chi connectivity index (χ3n) is 4.35. The number of quaternary nitrogens is 1. The first-order valence-corrected chi connectivity index (χ1v) is 8.72. The van der Waals surface area contributed by atoms with Crippen molar-refractivity contribution in [2.45, 2.75) is 37.8 Å².